The fourth-order valence-electron chi connectivity index (χ4n) is 2.90. The number of pyridine rings is 1. The van der Waals surface area contributed by atoms with Crippen molar-refractivity contribution < 1.29 is 9.59 Å². The van der Waals surface area contributed by atoms with Crippen molar-refractivity contribution in [2.75, 3.05) is 5.32 Å². The first kappa shape index (κ1) is 17.0. The summed E-state index contributed by atoms with van der Waals surface area (Å²) in [5, 5.41) is 8.71. The van der Waals surface area contributed by atoms with Crippen LogP contribution < -0.4 is 16.0 Å². The van der Waals surface area contributed by atoms with E-state index in [1.165, 1.54) is 0 Å². The highest BCUT2D eigenvalue weighted by atomic mass is 16.2. The summed E-state index contributed by atoms with van der Waals surface area (Å²) in [4.78, 5) is 27.9. The molecule has 0 saturated carbocycles. The number of rotatable bonds is 4. The molecule has 1 aromatic carbocycles. The molecule has 2 atom stereocenters. The van der Waals surface area contributed by atoms with E-state index in [0.29, 0.717) is 6.42 Å². The Morgan fingerprint density at radius 2 is 1.92 bits per heavy atom. The zero-order valence-electron chi connectivity index (χ0n) is 14.4. The van der Waals surface area contributed by atoms with E-state index in [0.717, 1.165) is 28.9 Å². The molecule has 0 bridgehead atoms. The largest absolute Gasteiger partial charge is 0.332 e. The number of nitrogens with zero attached hydrogens (tertiary/aromatic N) is 1. The number of carbonyl (C=O) groups excluding carboxylic acids is 2. The molecule has 3 amide bonds. The molecular formula is C19H22N4O2. The first-order chi connectivity index (χ1) is 12.0. The van der Waals surface area contributed by atoms with Gasteiger partial charge in [0.2, 0.25) is 5.91 Å². The van der Waals surface area contributed by atoms with Crippen molar-refractivity contribution in [2.45, 2.75) is 38.8 Å². The van der Waals surface area contributed by atoms with Gasteiger partial charge in [-0.3, -0.25) is 9.78 Å². The number of hydrogen-bond donors (Lipinski definition) is 3. The Bertz CT molecular complexity index is 776. The zero-order valence-corrected chi connectivity index (χ0v) is 14.4. The standard InChI is InChI=1S/C19H22N4O2/c1-12(14-6-8-17-15(11-14)7-9-18(24)23-17)21-19(25)22-13(2)16-5-3-4-10-20-16/h3-6,8,10-13H,7,9H2,1-2H3,(H,23,24)(H2,21,22,25)/t12-,13+/m0/s1. The Balaban J connectivity index is 1.61. The van der Waals surface area contributed by atoms with E-state index in [1.54, 1.807) is 6.20 Å². The van der Waals surface area contributed by atoms with E-state index in [9.17, 15) is 9.59 Å². The monoisotopic (exact) mass is 338 g/mol. The van der Waals surface area contributed by atoms with Gasteiger partial charge >= 0.3 is 6.03 Å². The van der Waals surface area contributed by atoms with E-state index in [2.05, 4.69) is 20.9 Å². The second-order valence-corrected chi connectivity index (χ2v) is 6.28. The third kappa shape index (κ3) is 4.15. The molecule has 1 aliphatic rings. The number of benzene rings is 1. The average molecular weight is 338 g/mol. The lowest BCUT2D eigenvalue weighted by atomic mass is 9.98. The van der Waals surface area contributed by atoms with Gasteiger partial charge in [0.25, 0.3) is 0 Å². The van der Waals surface area contributed by atoms with E-state index in [1.807, 2.05) is 50.2 Å². The van der Waals surface area contributed by atoms with Gasteiger partial charge in [0.1, 0.15) is 0 Å². The molecule has 1 aliphatic heterocycles. The van der Waals surface area contributed by atoms with Crippen LogP contribution in [0.25, 0.3) is 0 Å². The van der Waals surface area contributed by atoms with Gasteiger partial charge in [0.05, 0.1) is 17.8 Å². The Hall–Kier alpha value is -2.89. The Labute approximate surface area is 147 Å². The van der Waals surface area contributed by atoms with Crippen molar-refractivity contribution in [3.05, 3.63) is 59.4 Å². The molecule has 0 saturated heterocycles. The van der Waals surface area contributed by atoms with E-state index < -0.39 is 0 Å². The molecule has 25 heavy (non-hydrogen) atoms. The predicted octanol–water partition coefficient (Wildman–Crippen LogP) is 3.09. The maximum absolute atomic E-state index is 12.2. The van der Waals surface area contributed by atoms with E-state index in [-0.39, 0.29) is 24.0 Å². The fourth-order valence-corrected chi connectivity index (χ4v) is 2.90. The van der Waals surface area contributed by atoms with Crippen LogP contribution in [-0.4, -0.2) is 16.9 Å². The zero-order chi connectivity index (χ0) is 17.8. The average Bonchev–Trinajstić information content (AvgIpc) is 2.61. The van der Waals surface area contributed by atoms with Crippen LogP contribution in [0.1, 0.15) is 49.2 Å². The maximum Gasteiger partial charge on any atom is 0.315 e. The second kappa shape index (κ2) is 7.34. The molecule has 0 radical (unpaired) electrons. The number of aryl methyl sites for hydroxylation is 1. The molecule has 0 aliphatic carbocycles. The van der Waals surface area contributed by atoms with Crippen LogP contribution in [0.3, 0.4) is 0 Å². The first-order valence-corrected chi connectivity index (χ1v) is 8.43. The van der Waals surface area contributed by atoms with Gasteiger partial charge in [-0.25, -0.2) is 4.79 Å². The van der Waals surface area contributed by atoms with Crippen LogP contribution in [0.2, 0.25) is 0 Å². The normalized spacial score (nSPS) is 15.5. The molecule has 6 nitrogen and oxygen atoms in total. The van der Waals surface area contributed by atoms with Crippen molar-refractivity contribution in [2.24, 2.45) is 0 Å². The van der Waals surface area contributed by atoms with Crippen LogP contribution in [0, 0.1) is 0 Å². The maximum atomic E-state index is 12.2. The van der Waals surface area contributed by atoms with Crippen LogP contribution in [0.5, 0.6) is 0 Å². The minimum Gasteiger partial charge on any atom is -0.332 e. The summed E-state index contributed by atoms with van der Waals surface area (Å²) in [5.74, 6) is 0.0503. The Kier molecular flexibility index (Phi) is 4.97. The van der Waals surface area contributed by atoms with Crippen molar-refractivity contribution >= 4 is 17.6 Å². The number of fused-ring (bicyclic) bond motifs is 1. The minimum atomic E-state index is -0.239. The lowest BCUT2D eigenvalue weighted by Gasteiger charge is -2.21. The Morgan fingerprint density at radius 1 is 1.12 bits per heavy atom. The number of carbonyl (C=O) groups is 2. The fraction of sp³-hybridized carbons (Fsp3) is 0.316. The Morgan fingerprint density at radius 3 is 2.68 bits per heavy atom. The molecule has 3 rings (SSSR count). The topological polar surface area (TPSA) is 83.1 Å². The van der Waals surface area contributed by atoms with Crippen molar-refractivity contribution in [1.82, 2.24) is 15.6 Å². The van der Waals surface area contributed by atoms with Crippen LogP contribution >= 0.6 is 0 Å². The number of urea groups is 1. The number of nitrogens with one attached hydrogen (secondary N) is 3. The van der Waals surface area contributed by atoms with Crippen LogP contribution in [-0.2, 0) is 11.2 Å². The molecule has 0 spiro atoms. The SMILES string of the molecule is C[C@H](NC(=O)N[C@H](C)c1ccccn1)c1ccc2c(c1)CCC(=O)N2. The first-order valence-electron chi connectivity index (χ1n) is 8.43. The van der Waals surface area contributed by atoms with Gasteiger partial charge < -0.3 is 16.0 Å². The lowest BCUT2D eigenvalue weighted by molar-refractivity contribution is -0.116. The molecule has 6 heteroatoms. The number of aromatic nitrogens is 1. The van der Waals surface area contributed by atoms with Gasteiger partial charge in [-0.05, 0) is 49.6 Å². The summed E-state index contributed by atoms with van der Waals surface area (Å²) in [5.41, 5.74) is 3.79. The third-order valence-electron chi connectivity index (χ3n) is 4.35. The summed E-state index contributed by atoms with van der Waals surface area (Å²) < 4.78 is 0. The molecule has 0 fully saturated rings. The molecule has 0 unspecified atom stereocenters. The molecule has 1 aromatic heterocycles. The van der Waals surface area contributed by atoms with Crippen LogP contribution in [0.4, 0.5) is 10.5 Å². The van der Waals surface area contributed by atoms with Crippen molar-refractivity contribution in [1.29, 1.82) is 0 Å². The lowest BCUT2D eigenvalue weighted by Crippen LogP contribution is -2.38. The smallest absolute Gasteiger partial charge is 0.315 e. The summed E-state index contributed by atoms with van der Waals surface area (Å²) in [6.45, 7) is 3.84. The highest BCUT2D eigenvalue weighted by molar-refractivity contribution is 5.93. The summed E-state index contributed by atoms with van der Waals surface area (Å²) >= 11 is 0. The highest BCUT2D eigenvalue weighted by Gasteiger charge is 2.18. The van der Waals surface area contributed by atoms with Crippen LogP contribution in [0.15, 0.2) is 42.6 Å². The quantitative estimate of drug-likeness (QED) is 0.801. The molecule has 130 valence electrons. The van der Waals surface area contributed by atoms with Gasteiger partial charge in [0.15, 0.2) is 0 Å². The molecule has 2 aromatic rings. The highest BCUT2D eigenvalue weighted by Crippen LogP contribution is 2.26. The van der Waals surface area contributed by atoms with Gasteiger partial charge in [0, 0.05) is 18.3 Å². The summed E-state index contributed by atoms with van der Waals surface area (Å²) in [7, 11) is 0. The molecule has 3 N–H and O–H groups in total. The number of hydrogen-bond acceptors (Lipinski definition) is 3. The second-order valence-electron chi connectivity index (χ2n) is 6.28. The predicted molar refractivity (Wildman–Crippen MR) is 96.1 cm³/mol. The number of amides is 3. The van der Waals surface area contributed by atoms with E-state index in [4.69, 9.17) is 0 Å². The third-order valence-corrected chi connectivity index (χ3v) is 4.35. The van der Waals surface area contributed by atoms with Gasteiger partial charge in [-0.2, -0.15) is 0 Å². The molecule has 2 heterocycles. The van der Waals surface area contributed by atoms with Crippen molar-refractivity contribution in [3.63, 3.8) is 0 Å². The number of anilines is 1. The summed E-state index contributed by atoms with van der Waals surface area (Å²) in [6, 6.07) is 10.9. The molecular weight excluding hydrogens is 316 g/mol. The van der Waals surface area contributed by atoms with Gasteiger partial charge in [-0.1, -0.05) is 18.2 Å². The van der Waals surface area contributed by atoms with Gasteiger partial charge in [-0.15, -0.1) is 0 Å². The van der Waals surface area contributed by atoms with Crippen molar-refractivity contribution in [3.8, 4) is 0 Å². The summed E-state index contributed by atoms with van der Waals surface area (Å²) in [6.07, 6.45) is 2.94. The minimum absolute atomic E-state index is 0.0503. The van der Waals surface area contributed by atoms with E-state index >= 15 is 0 Å².